The normalized spacial score (nSPS) is 22.4. The maximum Gasteiger partial charge on any atom is 0.256 e. The van der Waals surface area contributed by atoms with Crippen molar-refractivity contribution in [3.8, 4) is 0 Å². The fourth-order valence-corrected chi connectivity index (χ4v) is 7.05. The van der Waals surface area contributed by atoms with Gasteiger partial charge in [0.05, 0.1) is 29.9 Å². The summed E-state index contributed by atoms with van der Waals surface area (Å²) in [6, 6.07) is 13.3. The lowest BCUT2D eigenvalue weighted by Gasteiger charge is -2.51. The molecular formula is C32H40N4O4. The Labute approximate surface area is 236 Å². The fraction of sp³-hybridized carbons (Fsp3) is 0.531. The zero-order chi connectivity index (χ0) is 27.9. The van der Waals surface area contributed by atoms with Crippen molar-refractivity contribution in [2.24, 2.45) is 5.41 Å². The van der Waals surface area contributed by atoms with Crippen molar-refractivity contribution in [1.29, 1.82) is 0 Å². The lowest BCUT2D eigenvalue weighted by molar-refractivity contribution is -0.121. The SMILES string of the molecule is CCN1CCN(CC(=O)[C@@H]2Cc3ccccc3CN2)C(=O)c2ccc(C(=O)N3CCC4(CC3)CC(OC)C4)cc21. The molecule has 4 aliphatic rings. The summed E-state index contributed by atoms with van der Waals surface area (Å²) >= 11 is 0. The lowest BCUT2D eigenvalue weighted by atomic mass is 9.61. The summed E-state index contributed by atoms with van der Waals surface area (Å²) in [7, 11) is 1.78. The summed E-state index contributed by atoms with van der Waals surface area (Å²) in [4.78, 5) is 46.3. The number of anilines is 1. The number of likely N-dealkylation sites (tertiary alicyclic amines) is 1. The number of benzene rings is 2. The molecule has 212 valence electrons. The number of methoxy groups -OCH3 is 1. The van der Waals surface area contributed by atoms with Crippen LogP contribution in [-0.2, 0) is 22.5 Å². The highest BCUT2D eigenvalue weighted by Crippen LogP contribution is 2.50. The predicted octanol–water partition coefficient (Wildman–Crippen LogP) is 3.28. The van der Waals surface area contributed by atoms with Crippen LogP contribution in [0.15, 0.2) is 42.5 Å². The molecule has 8 heteroatoms. The van der Waals surface area contributed by atoms with Crippen LogP contribution in [0.5, 0.6) is 0 Å². The van der Waals surface area contributed by atoms with Crippen molar-refractivity contribution in [3.63, 3.8) is 0 Å². The molecule has 1 aliphatic carbocycles. The standard InChI is InChI=1S/C32H40N4O4/c1-3-34-14-15-36(21-29(37)27-16-22-6-4-5-7-24(22)20-33-27)31(39)26-9-8-23(17-28(26)34)30(38)35-12-10-32(11-13-35)18-25(19-32)40-2/h4-9,17,25,27,33H,3,10-16,18-21H2,1-2H3/t27-/m0/s1. The van der Waals surface area contributed by atoms with Gasteiger partial charge in [0.1, 0.15) is 0 Å². The van der Waals surface area contributed by atoms with Crippen LogP contribution in [0, 0.1) is 5.41 Å². The first-order chi connectivity index (χ1) is 19.4. The van der Waals surface area contributed by atoms with Crippen molar-refractivity contribution in [3.05, 3.63) is 64.7 Å². The summed E-state index contributed by atoms with van der Waals surface area (Å²) in [6.07, 6.45) is 5.25. The van der Waals surface area contributed by atoms with E-state index in [1.165, 1.54) is 11.1 Å². The third-order valence-electron chi connectivity index (χ3n) is 9.71. The Hall–Kier alpha value is -3.23. The molecule has 0 radical (unpaired) electrons. The average molecular weight is 545 g/mol. The largest absolute Gasteiger partial charge is 0.381 e. The van der Waals surface area contributed by atoms with E-state index in [2.05, 4.69) is 29.3 Å². The van der Waals surface area contributed by atoms with Crippen molar-refractivity contribution in [1.82, 2.24) is 15.1 Å². The highest BCUT2D eigenvalue weighted by atomic mass is 16.5. The number of hydrogen-bond donors (Lipinski definition) is 1. The van der Waals surface area contributed by atoms with Gasteiger partial charge in [-0.2, -0.15) is 0 Å². The minimum Gasteiger partial charge on any atom is -0.381 e. The molecule has 2 aromatic rings. The Balaban J connectivity index is 1.14. The van der Waals surface area contributed by atoms with Crippen molar-refractivity contribution in [2.45, 2.75) is 57.7 Å². The monoisotopic (exact) mass is 544 g/mol. The van der Waals surface area contributed by atoms with Gasteiger partial charge in [-0.3, -0.25) is 14.4 Å². The van der Waals surface area contributed by atoms with Gasteiger partial charge in [0, 0.05) is 51.9 Å². The van der Waals surface area contributed by atoms with Gasteiger partial charge in [-0.05, 0) is 73.8 Å². The molecule has 40 heavy (non-hydrogen) atoms. The van der Waals surface area contributed by atoms with Gasteiger partial charge in [-0.1, -0.05) is 24.3 Å². The van der Waals surface area contributed by atoms with E-state index in [4.69, 9.17) is 4.74 Å². The summed E-state index contributed by atoms with van der Waals surface area (Å²) in [5.41, 5.74) is 4.73. The van der Waals surface area contributed by atoms with Gasteiger partial charge in [0.15, 0.2) is 5.78 Å². The number of nitrogens with zero attached hydrogens (tertiary/aromatic N) is 3. The van der Waals surface area contributed by atoms with Gasteiger partial charge < -0.3 is 24.8 Å². The smallest absolute Gasteiger partial charge is 0.256 e. The average Bonchev–Trinajstić information content (AvgIpc) is 3.10. The zero-order valence-corrected chi connectivity index (χ0v) is 23.7. The van der Waals surface area contributed by atoms with E-state index in [0.717, 1.165) is 44.5 Å². The maximum atomic E-state index is 13.7. The van der Waals surface area contributed by atoms with Crippen LogP contribution in [0.2, 0.25) is 0 Å². The van der Waals surface area contributed by atoms with Gasteiger partial charge in [-0.25, -0.2) is 0 Å². The summed E-state index contributed by atoms with van der Waals surface area (Å²) in [6.45, 7) is 6.13. The summed E-state index contributed by atoms with van der Waals surface area (Å²) < 4.78 is 5.48. The second-order valence-corrected chi connectivity index (χ2v) is 12.0. The molecule has 8 nitrogen and oxygen atoms in total. The highest BCUT2D eigenvalue weighted by Gasteiger charge is 2.46. The predicted molar refractivity (Wildman–Crippen MR) is 154 cm³/mol. The molecule has 0 aromatic heterocycles. The van der Waals surface area contributed by atoms with Crippen LogP contribution >= 0.6 is 0 Å². The third kappa shape index (κ3) is 5.03. The van der Waals surface area contributed by atoms with Crippen molar-refractivity contribution >= 4 is 23.3 Å². The Kier molecular flexibility index (Phi) is 7.40. The number of Topliss-reactive ketones (excluding diaryl/α,β-unsaturated/α-hetero) is 1. The molecule has 0 bridgehead atoms. The van der Waals surface area contributed by atoms with E-state index in [9.17, 15) is 14.4 Å². The van der Waals surface area contributed by atoms with Gasteiger partial charge >= 0.3 is 0 Å². The molecule has 3 heterocycles. The molecule has 1 atom stereocenters. The van der Waals surface area contributed by atoms with Crippen LogP contribution in [0.3, 0.4) is 0 Å². The molecule has 0 unspecified atom stereocenters. The number of nitrogens with one attached hydrogen (secondary N) is 1. The minimum absolute atomic E-state index is 0.0312. The number of ether oxygens (including phenoxy) is 1. The second kappa shape index (κ2) is 11.0. The lowest BCUT2D eigenvalue weighted by Crippen LogP contribution is -2.50. The number of likely N-dealkylation sites (N-methyl/N-ethyl adjacent to an activating group) is 1. The van der Waals surface area contributed by atoms with Crippen LogP contribution in [0.4, 0.5) is 5.69 Å². The summed E-state index contributed by atoms with van der Waals surface area (Å²) in [5.74, 6) is -0.0805. The van der Waals surface area contributed by atoms with Crippen LogP contribution in [0.25, 0.3) is 0 Å². The van der Waals surface area contributed by atoms with E-state index in [1.807, 2.05) is 23.1 Å². The number of hydrogen-bond acceptors (Lipinski definition) is 6. The third-order valence-corrected chi connectivity index (χ3v) is 9.71. The fourth-order valence-electron chi connectivity index (χ4n) is 7.05. The number of amides is 2. The molecule has 2 fully saturated rings. The van der Waals surface area contributed by atoms with E-state index in [1.54, 1.807) is 24.1 Å². The Bertz CT molecular complexity index is 1290. The Morgan fingerprint density at radius 3 is 2.45 bits per heavy atom. The maximum absolute atomic E-state index is 13.7. The molecule has 1 N–H and O–H groups in total. The van der Waals surface area contributed by atoms with Gasteiger partial charge in [0.25, 0.3) is 11.8 Å². The molecule has 2 amide bonds. The number of rotatable bonds is 6. The van der Waals surface area contributed by atoms with Crippen LogP contribution < -0.4 is 10.2 Å². The number of carbonyl (C=O) groups excluding carboxylic acids is 3. The molecule has 6 rings (SSSR count). The molecule has 1 spiro atoms. The van der Waals surface area contributed by atoms with Crippen LogP contribution in [-0.4, -0.2) is 85.9 Å². The highest BCUT2D eigenvalue weighted by molar-refractivity contribution is 6.04. The van der Waals surface area contributed by atoms with E-state index >= 15 is 0 Å². The number of fused-ring (bicyclic) bond motifs is 2. The first-order valence-corrected chi connectivity index (χ1v) is 14.7. The molecule has 1 saturated carbocycles. The number of ketones is 1. The zero-order valence-electron chi connectivity index (χ0n) is 23.7. The number of carbonyl (C=O) groups is 3. The Morgan fingerprint density at radius 2 is 1.73 bits per heavy atom. The van der Waals surface area contributed by atoms with E-state index < -0.39 is 0 Å². The minimum atomic E-state index is -0.295. The molecule has 3 aliphatic heterocycles. The molecule has 2 aromatic carbocycles. The topological polar surface area (TPSA) is 82.2 Å². The van der Waals surface area contributed by atoms with Crippen molar-refractivity contribution < 1.29 is 19.1 Å². The number of piperidine rings is 1. The second-order valence-electron chi connectivity index (χ2n) is 12.0. The first-order valence-electron chi connectivity index (χ1n) is 14.7. The van der Waals surface area contributed by atoms with E-state index in [-0.39, 0.29) is 30.2 Å². The Morgan fingerprint density at radius 1 is 1.00 bits per heavy atom. The molecular weight excluding hydrogens is 504 g/mol. The quantitative estimate of drug-likeness (QED) is 0.601. The van der Waals surface area contributed by atoms with Gasteiger partial charge in [0.2, 0.25) is 0 Å². The van der Waals surface area contributed by atoms with E-state index in [0.29, 0.717) is 55.2 Å². The van der Waals surface area contributed by atoms with Crippen LogP contribution in [0.1, 0.15) is 64.4 Å². The summed E-state index contributed by atoms with van der Waals surface area (Å²) in [5, 5.41) is 3.36. The molecule has 1 saturated heterocycles. The van der Waals surface area contributed by atoms with Crippen molar-refractivity contribution in [2.75, 3.05) is 51.3 Å². The van der Waals surface area contributed by atoms with Gasteiger partial charge in [-0.15, -0.1) is 0 Å². The first kappa shape index (κ1) is 27.0.